The first-order chi connectivity index (χ1) is 11.4. The molecule has 0 saturated heterocycles. The van der Waals surface area contributed by atoms with E-state index in [0.717, 1.165) is 16.9 Å². The number of hydrogen-bond donors (Lipinski definition) is 1. The summed E-state index contributed by atoms with van der Waals surface area (Å²) in [6.45, 7) is 5.07. The normalized spacial score (nSPS) is 34.4. The van der Waals surface area contributed by atoms with Crippen LogP contribution in [0.2, 0.25) is 5.02 Å². The fraction of sp³-hybridized carbons (Fsp3) is 0.667. The van der Waals surface area contributed by atoms with Gasteiger partial charge in [-0.3, -0.25) is 4.79 Å². The summed E-state index contributed by atoms with van der Waals surface area (Å²) in [5.74, 6) is 3.73. The van der Waals surface area contributed by atoms with E-state index >= 15 is 0 Å². The van der Waals surface area contributed by atoms with Crippen molar-refractivity contribution >= 4 is 17.5 Å². The second-order valence-electron chi connectivity index (χ2n) is 9.07. The Morgan fingerprint density at radius 3 is 2.12 bits per heavy atom. The van der Waals surface area contributed by atoms with Gasteiger partial charge in [-0.2, -0.15) is 0 Å². The average Bonchev–Trinajstić information content (AvgIpc) is 2.52. The molecule has 0 atom stereocenters. The Kier molecular flexibility index (Phi) is 4.15. The molecule has 1 N–H and O–H groups in total. The fourth-order valence-corrected chi connectivity index (χ4v) is 5.91. The molecule has 0 spiro atoms. The molecule has 0 radical (unpaired) electrons. The van der Waals surface area contributed by atoms with Gasteiger partial charge in [0, 0.05) is 22.9 Å². The first kappa shape index (κ1) is 16.4. The van der Waals surface area contributed by atoms with Gasteiger partial charge in [0.05, 0.1) is 0 Å². The van der Waals surface area contributed by atoms with Crippen molar-refractivity contribution in [2.75, 3.05) is 6.54 Å². The summed E-state index contributed by atoms with van der Waals surface area (Å²) < 4.78 is 0. The molecule has 0 heterocycles. The average molecular weight is 346 g/mol. The van der Waals surface area contributed by atoms with E-state index in [9.17, 15) is 4.79 Å². The Morgan fingerprint density at radius 1 is 1.04 bits per heavy atom. The molecule has 0 aliphatic heterocycles. The van der Waals surface area contributed by atoms with Crippen LogP contribution in [0.5, 0.6) is 0 Å². The largest absolute Gasteiger partial charge is 0.355 e. The van der Waals surface area contributed by atoms with Crippen LogP contribution in [-0.2, 0) is 10.2 Å². The van der Waals surface area contributed by atoms with Crippen LogP contribution in [0.1, 0.15) is 51.5 Å². The molecule has 5 rings (SSSR count). The van der Waals surface area contributed by atoms with Gasteiger partial charge in [0.2, 0.25) is 5.91 Å². The summed E-state index contributed by atoms with van der Waals surface area (Å²) in [6.07, 6.45) is 6.62. The van der Waals surface area contributed by atoms with E-state index in [1.807, 2.05) is 12.1 Å². The van der Waals surface area contributed by atoms with Gasteiger partial charge < -0.3 is 5.32 Å². The fourth-order valence-electron chi connectivity index (χ4n) is 5.78. The van der Waals surface area contributed by atoms with Crippen molar-refractivity contribution < 1.29 is 4.79 Å². The van der Waals surface area contributed by atoms with Crippen molar-refractivity contribution in [3.05, 3.63) is 34.9 Å². The molecule has 1 aromatic rings. The Balaban J connectivity index is 1.40. The van der Waals surface area contributed by atoms with Gasteiger partial charge in [-0.25, -0.2) is 0 Å². The number of nitrogens with one attached hydrogen (secondary N) is 1. The Bertz CT molecular complexity index is 593. The van der Waals surface area contributed by atoms with E-state index in [0.29, 0.717) is 24.3 Å². The van der Waals surface area contributed by atoms with E-state index in [2.05, 4.69) is 31.3 Å². The third-order valence-electron chi connectivity index (χ3n) is 6.86. The molecule has 0 aromatic heterocycles. The van der Waals surface area contributed by atoms with Crippen LogP contribution >= 0.6 is 11.6 Å². The Labute approximate surface area is 150 Å². The van der Waals surface area contributed by atoms with Crippen LogP contribution in [0, 0.1) is 29.6 Å². The number of hydrogen-bond acceptors (Lipinski definition) is 1. The summed E-state index contributed by atoms with van der Waals surface area (Å²) in [5, 5.41) is 4.05. The lowest BCUT2D eigenvalue weighted by Crippen LogP contribution is -2.52. The van der Waals surface area contributed by atoms with Crippen LogP contribution in [-0.4, -0.2) is 12.5 Å². The lowest BCUT2D eigenvalue weighted by Gasteiger charge is -2.53. The number of halogens is 1. The van der Waals surface area contributed by atoms with Gasteiger partial charge in [0.1, 0.15) is 0 Å². The summed E-state index contributed by atoms with van der Waals surface area (Å²) in [4.78, 5) is 12.9. The maximum Gasteiger partial charge on any atom is 0.223 e. The second kappa shape index (κ2) is 6.05. The quantitative estimate of drug-likeness (QED) is 0.833. The zero-order valence-corrected chi connectivity index (χ0v) is 15.5. The van der Waals surface area contributed by atoms with Crippen molar-refractivity contribution in [2.45, 2.75) is 51.4 Å². The topological polar surface area (TPSA) is 29.1 Å². The molecular formula is C21H28ClNO. The van der Waals surface area contributed by atoms with E-state index in [1.54, 1.807) is 0 Å². The van der Waals surface area contributed by atoms with Gasteiger partial charge in [-0.05, 0) is 73.5 Å². The van der Waals surface area contributed by atoms with E-state index in [4.69, 9.17) is 11.6 Å². The highest BCUT2D eigenvalue weighted by Gasteiger charge is 2.50. The van der Waals surface area contributed by atoms with Gasteiger partial charge in [-0.15, -0.1) is 0 Å². The summed E-state index contributed by atoms with van der Waals surface area (Å²) in [7, 11) is 0. The van der Waals surface area contributed by atoms with Gasteiger partial charge in [0.15, 0.2) is 0 Å². The highest BCUT2D eigenvalue weighted by molar-refractivity contribution is 6.30. The van der Waals surface area contributed by atoms with Crippen LogP contribution in [0.4, 0.5) is 0 Å². The third-order valence-corrected chi connectivity index (χ3v) is 7.11. The number of carbonyl (C=O) groups excluding carboxylic acids is 1. The molecule has 4 aliphatic carbocycles. The lowest BCUT2D eigenvalue weighted by atomic mass is 9.51. The molecule has 1 amide bonds. The van der Waals surface area contributed by atoms with Crippen LogP contribution in [0.3, 0.4) is 0 Å². The molecular weight excluding hydrogens is 318 g/mol. The monoisotopic (exact) mass is 345 g/mol. The molecule has 130 valence electrons. The number of amides is 1. The summed E-state index contributed by atoms with van der Waals surface area (Å²) in [6, 6.07) is 7.99. The highest BCUT2D eigenvalue weighted by atomic mass is 35.5. The number of benzene rings is 1. The van der Waals surface area contributed by atoms with E-state index in [1.165, 1.54) is 37.7 Å². The Morgan fingerprint density at radius 2 is 1.58 bits per heavy atom. The smallest absolute Gasteiger partial charge is 0.223 e. The van der Waals surface area contributed by atoms with Crippen LogP contribution in [0.15, 0.2) is 24.3 Å². The molecule has 1 aromatic carbocycles. The zero-order valence-electron chi connectivity index (χ0n) is 14.7. The minimum atomic E-state index is -0.0772. The molecule has 4 bridgehead atoms. The van der Waals surface area contributed by atoms with Crippen molar-refractivity contribution in [3.8, 4) is 0 Å². The predicted molar refractivity (Wildman–Crippen MR) is 98.0 cm³/mol. The minimum Gasteiger partial charge on any atom is -0.355 e. The molecule has 0 unspecified atom stereocenters. The highest BCUT2D eigenvalue weighted by Crippen LogP contribution is 2.56. The standard InChI is InChI=1S/C21H28ClNO/c1-21(2,17-3-5-18(22)6-4-17)12-23-20(24)19-15-8-13-7-14(10-15)11-16(19)9-13/h3-6,13-16,19H,7-12H2,1-2H3,(H,23,24). The Hall–Kier alpha value is -1.02. The summed E-state index contributed by atoms with van der Waals surface area (Å²) in [5.41, 5.74) is 1.14. The third kappa shape index (κ3) is 2.98. The molecule has 4 saturated carbocycles. The molecule has 3 heteroatoms. The van der Waals surface area contributed by atoms with Crippen molar-refractivity contribution in [2.24, 2.45) is 29.6 Å². The van der Waals surface area contributed by atoms with E-state index in [-0.39, 0.29) is 11.3 Å². The van der Waals surface area contributed by atoms with E-state index < -0.39 is 0 Å². The molecule has 24 heavy (non-hydrogen) atoms. The first-order valence-electron chi connectivity index (χ1n) is 9.46. The predicted octanol–water partition coefficient (Wildman–Crippen LogP) is 4.81. The summed E-state index contributed by atoms with van der Waals surface area (Å²) >= 11 is 5.99. The molecule has 2 nitrogen and oxygen atoms in total. The zero-order chi connectivity index (χ0) is 16.9. The number of rotatable bonds is 4. The van der Waals surface area contributed by atoms with Gasteiger partial charge >= 0.3 is 0 Å². The SMILES string of the molecule is CC(C)(CNC(=O)C1C2CC3CC(C2)CC1C3)c1ccc(Cl)cc1. The maximum atomic E-state index is 12.9. The minimum absolute atomic E-state index is 0.0772. The molecule has 4 aliphatic rings. The number of carbonyl (C=O) groups is 1. The van der Waals surface area contributed by atoms with Gasteiger partial charge in [-0.1, -0.05) is 37.6 Å². The van der Waals surface area contributed by atoms with Gasteiger partial charge in [0.25, 0.3) is 0 Å². The van der Waals surface area contributed by atoms with Crippen molar-refractivity contribution in [1.82, 2.24) is 5.32 Å². The first-order valence-corrected chi connectivity index (χ1v) is 9.84. The van der Waals surface area contributed by atoms with Crippen LogP contribution in [0.25, 0.3) is 0 Å². The lowest BCUT2D eigenvalue weighted by molar-refractivity contribution is -0.138. The van der Waals surface area contributed by atoms with Crippen LogP contribution < -0.4 is 5.32 Å². The second-order valence-corrected chi connectivity index (χ2v) is 9.50. The molecule has 4 fully saturated rings. The van der Waals surface area contributed by atoms with Crippen molar-refractivity contribution in [1.29, 1.82) is 0 Å². The van der Waals surface area contributed by atoms with Crippen molar-refractivity contribution in [3.63, 3.8) is 0 Å². The maximum absolute atomic E-state index is 12.9.